The molecule has 0 aromatic heterocycles. The Morgan fingerprint density at radius 3 is 2.32 bits per heavy atom. The first-order valence-electron chi connectivity index (χ1n) is 8.15. The molecule has 0 aliphatic heterocycles. The number of carbonyl (C=O) groups is 2. The van der Waals surface area contributed by atoms with Crippen molar-refractivity contribution in [1.29, 1.82) is 0 Å². The third-order valence-corrected chi connectivity index (χ3v) is 3.89. The minimum Gasteiger partial charge on any atom is -0.504 e. The van der Waals surface area contributed by atoms with Crippen LogP contribution in [0.5, 0.6) is 17.2 Å². The van der Waals surface area contributed by atoms with Crippen molar-refractivity contribution in [1.82, 2.24) is 4.90 Å². The van der Waals surface area contributed by atoms with E-state index < -0.39 is 36.6 Å². The van der Waals surface area contributed by atoms with E-state index >= 15 is 0 Å². The number of halogens is 2. The van der Waals surface area contributed by atoms with Gasteiger partial charge in [0.15, 0.2) is 18.1 Å². The van der Waals surface area contributed by atoms with Crippen LogP contribution < -0.4 is 4.74 Å². The van der Waals surface area contributed by atoms with Gasteiger partial charge in [-0.25, -0.2) is 4.79 Å². The summed E-state index contributed by atoms with van der Waals surface area (Å²) < 4.78 is 33.4. The summed E-state index contributed by atoms with van der Waals surface area (Å²) in [6, 6.07) is 8.48. The Hall–Kier alpha value is -3.36. The van der Waals surface area contributed by atoms with E-state index in [4.69, 9.17) is 4.74 Å². The van der Waals surface area contributed by atoms with E-state index in [1.165, 1.54) is 48.3 Å². The molecule has 2 aromatic carbocycles. The van der Waals surface area contributed by atoms with Gasteiger partial charge in [-0.05, 0) is 36.2 Å². The number of likely N-dealkylation sites (N-methyl/N-ethyl adjacent to an activating group) is 1. The first-order valence-corrected chi connectivity index (χ1v) is 8.15. The second-order valence-corrected chi connectivity index (χ2v) is 5.98. The number of rotatable bonds is 7. The lowest BCUT2D eigenvalue weighted by molar-refractivity contribution is -0.133. The summed E-state index contributed by atoms with van der Waals surface area (Å²) in [4.78, 5) is 25.4. The number of alkyl halides is 2. The van der Waals surface area contributed by atoms with Crippen molar-refractivity contribution in [2.24, 2.45) is 0 Å². The number of aryl methyl sites for hydroxylation is 1. The number of carbonyl (C=O) groups excluding carboxylic acids is 2. The molecular weight excluding hydrogens is 376 g/mol. The Morgan fingerprint density at radius 2 is 1.71 bits per heavy atom. The van der Waals surface area contributed by atoms with Gasteiger partial charge < -0.3 is 24.6 Å². The van der Waals surface area contributed by atoms with Crippen LogP contribution in [0.2, 0.25) is 0 Å². The van der Waals surface area contributed by atoms with Crippen LogP contribution in [0.4, 0.5) is 8.78 Å². The number of benzene rings is 2. The predicted molar refractivity (Wildman–Crippen MR) is 94.3 cm³/mol. The van der Waals surface area contributed by atoms with Gasteiger partial charge in [0.1, 0.15) is 11.3 Å². The maximum Gasteiger partial charge on any atom is 0.387 e. The smallest absolute Gasteiger partial charge is 0.387 e. The minimum atomic E-state index is -2.92. The molecule has 0 aliphatic rings. The molecule has 0 saturated carbocycles. The van der Waals surface area contributed by atoms with Gasteiger partial charge >= 0.3 is 12.6 Å². The lowest BCUT2D eigenvalue weighted by Gasteiger charge is -2.17. The maximum absolute atomic E-state index is 12.1. The van der Waals surface area contributed by atoms with Gasteiger partial charge in [0.05, 0.1) is 0 Å². The highest BCUT2D eigenvalue weighted by Gasteiger charge is 2.19. The van der Waals surface area contributed by atoms with Crippen molar-refractivity contribution in [3.05, 3.63) is 53.1 Å². The fourth-order valence-corrected chi connectivity index (χ4v) is 2.30. The summed E-state index contributed by atoms with van der Waals surface area (Å²) in [5.41, 5.74) is 0.785. The molecule has 0 aliphatic carbocycles. The van der Waals surface area contributed by atoms with E-state index in [1.807, 2.05) is 0 Å². The van der Waals surface area contributed by atoms with Crippen LogP contribution >= 0.6 is 0 Å². The molecule has 0 atom stereocenters. The van der Waals surface area contributed by atoms with E-state index in [2.05, 4.69) is 4.74 Å². The molecular formula is C19H19F2NO6. The number of aromatic hydroxyl groups is 2. The van der Waals surface area contributed by atoms with Crippen LogP contribution in [0, 0.1) is 6.92 Å². The van der Waals surface area contributed by atoms with E-state index in [0.717, 1.165) is 0 Å². The highest BCUT2D eigenvalue weighted by atomic mass is 19.3. The molecule has 2 rings (SSSR count). The monoisotopic (exact) mass is 395 g/mol. The Kier molecular flexibility index (Phi) is 6.75. The Morgan fingerprint density at radius 1 is 1.07 bits per heavy atom. The molecule has 2 aromatic rings. The molecule has 150 valence electrons. The lowest BCUT2D eigenvalue weighted by Crippen LogP contribution is -2.30. The fourth-order valence-electron chi connectivity index (χ4n) is 2.30. The average molecular weight is 395 g/mol. The number of esters is 1. The number of hydrogen-bond acceptors (Lipinski definition) is 6. The number of nitrogens with zero attached hydrogens (tertiary/aromatic N) is 1. The molecule has 0 heterocycles. The second-order valence-electron chi connectivity index (χ2n) is 5.98. The van der Waals surface area contributed by atoms with E-state index in [0.29, 0.717) is 11.1 Å². The van der Waals surface area contributed by atoms with Crippen LogP contribution in [0.3, 0.4) is 0 Å². The molecule has 0 unspecified atom stereocenters. The van der Waals surface area contributed by atoms with Crippen LogP contribution in [-0.4, -0.2) is 47.3 Å². The van der Waals surface area contributed by atoms with Gasteiger partial charge in [-0.3, -0.25) is 4.79 Å². The Labute approximate surface area is 159 Å². The number of hydrogen-bond donors (Lipinski definition) is 2. The zero-order chi connectivity index (χ0) is 20.8. The lowest BCUT2D eigenvalue weighted by atomic mass is 10.1. The standard InChI is InChI=1S/C19H19F2NO6/c1-11-3-8-14(17(25)16(11)24)18(26)27-10-15(23)22(2)9-12-4-6-13(7-5-12)28-19(20)21/h3-8,19,24-25H,9-10H2,1-2H3. The van der Waals surface area contributed by atoms with Crippen LogP contribution in [0.1, 0.15) is 21.5 Å². The molecule has 0 radical (unpaired) electrons. The van der Waals surface area contributed by atoms with Gasteiger partial charge in [-0.15, -0.1) is 0 Å². The average Bonchev–Trinajstić information content (AvgIpc) is 2.65. The zero-order valence-corrected chi connectivity index (χ0v) is 15.2. The molecule has 9 heteroatoms. The van der Waals surface area contributed by atoms with Crippen molar-refractivity contribution in [3.63, 3.8) is 0 Å². The summed E-state index contributed by atoms with van der Waals surface area (Å²) in [5.74, 6) is -2.52. The number of phenols is 2. The maximum atomic E-state index is 12.1. The fraction of sp³-hybridized carbons (Fsp3) is 0.263. The second kappa shape index (κ2) is 9.03. The minimum absolute atomic E-state index is 0.00261. The summed E-state index contributed by atoms with van der Waals surface area (Å²) in [6.45, 7) is -1.79. The van der Waals surface area contributed by atoms with Gasteiger partial charge in [-0.2, -0.15) is 8.78 Å². The number of phenolic OH excluding ortho intramolecular Hbond substituents is 2. The molecule has 0 bridgehead atoms. The van der Waals surface area contributed by atoms with Gasteiger partial charge in [-0.1, -0.05) is 18.2 Å². The first kappa shape index (κ1) is 20.9. The summed E-state index contributed by atoms with van der Waals surface area (Å²) in [5, 5.41) is 19.4. The van der Waals surface area contributed by atoms with Crippen molar-refractivity contribution in [3.8, 4) is 17.2 Å². The third kappa shape index (κ3) is 5.32. The largest absolute Gasteiger partial charge is 0.504 e. The molecule has 28 heavy (non-hydrogen) atoms. The Bertz CT molecular complexity index is 854. The molecule has 0 spiro atoms. The third-order valence-electron chi connectivity index (χ3n) is 3.89. The van der Waals surface area contributed by atoms with Gasteiger partial charge in [0, 0.05) is 13.6 Å². The van der Waals surface area contributed by atoms with Crippen LogP contribution in [0.25, 0.3) is 0 Å². The number of amides is 1. The van der Waals surface area contributed by atoms with Crippen molar-refractivity contribution < 1.29 is 38.1 Å². The highest BCUT2D eigenvalue weighted by molar-refractivity contribution is 5.94. The number of ether oxygens (including phenoxy) is 2. The quantitative estimate of drug-likeness (QED) is 0.553. The molecule has 7 nitrogen and oxygen atoms in total. The van der Waals surface area contributed by atoms with Gasteiger partial charge in [0.2, 0.25) is 0 Å². The normalized spacial score (nSPS) is 10.6. The molecule has 1 amide bonds. The van der Waals surface area contributed by atoms with Crippen molar-refractivity contribution in [2.45, 2.75) is 20.1 Å². The van der Waals surface area contributed by atoms with Crippen molar-refractivity contribution >= 4 is 11.9 Å². The molecule has 0 fully saturated rings. The van der Waals surface area contributed by atoms with E-state index in [9.17, 15) is 28.6 Å². The van der Waals surface area contributed by atoms with Gasteiger partial charge in [0.25, 0.3) is 5.91 Å². The van der Waals surface area contributed by atoms with E-state index in [-0.39, 0.29) is 17.9 Å². The van der Waals surface area contributed by atoms with Crippen LogP contribution in [-0.2, 0) is 16.1 Å². The van der Waals surface area contributed by atoms with Crippen molar-refractivity contribution in [2.75, 3.05) is 13.7 Å². The topological polar surface area (TPSA) is 96.3 Å². The predicted octanol–water partition coefficient (Wildman–Crippen LogP) is 2.82. The molecule has 0 saturated heterocycles. The zero-order valence-electron chi connectivity index (χ0n) is 15.2. The molecule has 2 N–H and O–H groups in total. The first-order chi connectivity index (χ1) is 13.2. The SMILES string of the molecule is Cc1ccc(C(=O)OCC(=O)N(C)Cc2ccc(OC(F)F)cc2)c(O)c1O. The highest BCUT2D eigenvalue weighted by Crippen LogP contribution is 2.32. The van der Waals surface area contributed by atoms with E-state index in [1.54, 1.807) is 6.92 Å². The summed E-state index contributed by atoms with van der Waals surface area (Å²) in [6.07, 6.45) is 0. The summed E-state index contributed by atoms with van der Waals surface area (Å²) in [7, 11) is 1.48. The Balaban J connectivity index is 1.90. The summed E-state index contributed by atoms with van der Waals surface area (Å²) >= 11 is 0. The van der Waals surface area contributed by atoms with Crippen LogP contribution in [0.15, 0.2) is 36.4 Å².